The molecule has 0 unspecified atom stereocenters. The van der Waals surface area contributed by atoms with Crippen molar-refractivity contribution in [1.82, 2.24) is 20.0 Å². The average Bonchev–Trinajstić information content (AvgIpc) is 3.35. The van der Waals surface area contributed by atoms with Gasteiger partial charge in [0.05, 0.1) is 11.9 Å². The number of hydrogen-bond acceptors (Lipinski definition) is 3. The predicted octanol–water partition coefficient (Wildman–Crippen LogP) is 2.13. The predicted molar refractivity (Wildman–Crippen MR) is 121 cm³/mol. The monoisotopic (exact) mass is 512 g/mol. The smallest absolute Gasteiger partial charge is 0.246 e. The maximum Gasteiger partial charge on any atom is 0.246 e. The molecule has 1 aliphatic heterocycles. The van der Waals surface area contributed by atoms with E-state index in [1.54, 1.807) is 28.9 Å². The Labute approximate surface area is 187 Å². The second kappa shape index (κ2) is 8.68. The van der Waals surface area contributed by atoms with Crippen LogP contribution in [0.5, 0.6) is 0 Å². The topological polar surface area (TPSA) is 65.8 Å². The lowest BCUT2D eigenvalue weighted by Crippen LogP contribution is -2.56. The van der Waals surface area contributed by atoms with Gasteiger partial charge in [-0.05, 0) is 24.5 Å². The van der Waals surface area contributed by atoms with Gasteiger partial charge in [-0.1, -0.05) is 18.2 Å². The first-order valence-corrected chi connectivity index (χ1v) is 9.52. The number of carbonyl (C=O) groups is 1. The largest absolute Gasteiger partial charge is 0.355 e. The summed E-state index contributed by atoms with van der Waals surface area (Å²) in [5, 5.41) is 7.51. The van der Waals surface area contributed by atoms with Crippen LogP contribution in [0.4, 0.5) is 10.1 Å². The molecule has 2 heterocycles. The summed E-state index contributed by atoms with van der Waals surface area (Å²) in [4.78, 5) is 20.7. The van der Waals surface area contributed by atoms with Crippen LogP contribution in [0.15, 0.2) is 41.7 Å². The Balaban J connectivity index is 0.00000240. The lowest BCUT2D eigenvalue weighted by Gasteiger charge is -2.35. The second-order valence-electron chi connectivity index (χ2n) is 7.50. The molecule has 0 atom stereocenters. The molecule has 156 valence electrons. The number of rotatable bonds is 4. The number of aliphatic imine (C=N–C) groups is 1. The van der Waals surface area contributed by atoms with E-state index in [-0.39, 0.29) is 47.7 Å². The average molecular weight is 512 g/mol. The van der Waals surface area contributed by atoms with Gasteiger partial charge in [-0.25, -0.2) is 4.39 Å². The minimum atomic E-state index is -0.178. The molecule has 0 radical (unpaired) electrons. The maximum atomic E-state index is 14.2. The molecule has 9 heteroatoms. The molecule has 2 fully saturated rings. The molecule has 2 aromatic rings. The number of guanidine groups is 1. The summed E-state index contributed by atoms with van der Waals surface area (Å²) in [5.41, 5.74) is 1.39. The van der Waals surface area contributed by atoms with Crippen molar-refractivity contribution in [1.29, 1.82) is 0 Å². The number of amides is 1. The first-order chi connectivity index (χ1) is 13.5. The van der Waals surface area contributed by atoms with Gasteiger partial charge in [0.1, 0.15) is 12.4 Å². The molecule has 1 aliphatic carbocycles. The van der Waals surface area contributed by atoms with Gasteiger partial charge in [0, 0.05) is 45.3 Å². The van der Waals surface area contributed by atoms with Crippen molar-refractivity contribution in [3.63, 3.8) is 0 Å². The quantitative estimate of drug-likeness (QED) is 0.388. The summed E-state index contributed by atoms with van der Waals surface area (Å²) in [6, 6.07) is 6.97. The molecule has 1 amide bonds. The summed E-state index contributed by atoms with van der Waals surface area (Å²) in [5.74, 6) is 0.538. The highest BCUT2D eigenvalue weighted by atomic mass is 127. The number of piperazine rings is 1. The van der Waals surface area contributed by atoms with E-state index >= 15 is 0 Å². The van der Waals surface area contributed by atoms with Crippen molar-refractivity contribution in [3.05, 3.63) is 48.0 Å². The van der Waals surface area contributed by atoms with Crippen LogP contribution in [0.2, 0.25) is 0 Å². The molecule has 29 heavy (non-hydrogen) atoms. The zero-order valence-corrected chi connectivity index (χ0v) is 19.0. The highest BCUT2D eigenvalue weighted by Gasteiger charge is 2.46. The molecular formula is C20H26FIN6O. The fourth-order valence-electron chi connectivity index (χ4n) is 3.84. The van der Waals surface area contributed by atoms with Crippen molar-refractivity contribution in [2.24, 2.45) is 12.0 Å². The second-order valence-corrected chi connectivity index (χ2v) is 7.50. The first-order valence-electron chi connectivity index (χ1n) is 9.52. The van der Waals surface area contributed by atoms with Crippen molar-refractivity contribution in [2.45, 2.75) is 18.3 Å². The van der Waals surface area contributed by atoms with Crippen molar-refractivity contribution < 1.29 is 9.18 Å². The number of anilines is 1. The van der Waals surface area contributed by atoms with Gasteiger partial charge in [-0.2, -0.15) is 5.10 Å². The van der Waals surface area contributed by atoms with Crippen LogP contribution in [-0.4, -0.2) is 59.8 Å². The zero-order valence-electron chi connectivity index (χ0n) is 16.6. The van der Waals surface area contributed by atoms with E-state index in [4.69, 9.17) is 0 Å². The molecule has 4 rings (SSSR count). The summed E-state index contributed by atoms with van der Waals surface area (Å²) in [7, 11) is 3.54. The fraction of sp³-hybridized carbons (Fsp3) is 0.450. The summed E-state index contributed by atoms with van der Waals surface area (Å²) < 4.78 is 15.9. The fourth-order valence-corrected chi connectivity index (χ4v) is 3.84. The molecule has 1 saturated carbocycles. The van der Waals surface area contributed by atoms with Crippen LogP contribution in [0.1, 0.15) is 18.4 Å². The van der Waals surface area contributed by atoms with Gasteiger partial charge < -0.3 is 15.1 Å². The minimum Gasteiger partial charge on any atom is -0.355 e. The van der Waals surface area contributed by atoms with Crippen molar-refractivity contribution >= 4 is 41.5 Å². The number of aryl methyl sites for hydroxylation is 1. The maximum absolute atomic E-state index is 14.2. The molecule has 2 aliphatic rings. The molecule has 7 nitrogen and oxygen atoms in total. The van der Waals surface area contributed by atoms with Crippen LogP contribution < -0.4 is 10.2 Å². The Morgan fingerprint density at radius 1 is 1.31 bits per heavy atom. The molecule has 1 aromatic carbocycles. The molecule has 0 bridgehead atoms. The van der Waals surface area contributed by atoms with E-state index in [0.29, 0.717) is 25.6 Å². The van der Waals surface area contributed by atoms with Crippen LogP contribution in [-0.2, 0) is 17.3 Å². The molecular weight excluding hydrogens is 486 g/mol. The number of benzene rings is 1. The highest BCUT2D eigenvalue weighted by molar-refractivity contribution is 14.0. The van der Waals surface area contributed by atoms with E-state index in [9.17, 15) is 9.18 Å². The van der Waals surface area contributed by atoms with Gasteiger partial charge in [0.2, 0.25) is 5.91 Å². The van der Waals surface area contributed by atoms with Crippen LogP contribution >= 0.6 is 24.0 Å². The lowest BCUT2D eigenvalue weighted by molar-refractivity contribution is -0.120. The zero-order chi connectivity index (χ0) is 19.7. The summed E-state index contributed by atoms with van der Waals surface area (Å²) in [6.45, 7) is 2.11. The molecule has 1 aromatic heterocycles. The lowest BCUT2D eigenvalue weighted by atomic mass is 9.95. The normalized spacial score (nSPS) is 18.4. The van der Waals surface area contributed by atoms with Gasteiger partial charge in [-0.15, -0.1) is 24.0 Å². The number of nitrogens with zero attached hydrogens (tertiary/aromatic N) is 5. The van der Waals surface area contributed by atoms with E-state index in [1.165, 1.54) is 6.07 Å². The standard InChI is InChI=1S/C20H25FN6O.HI/c1-22-19(23-14-20(7-8-20)16-5-3-4-6-17(16)21)26-9-10-27(18(28)13-26)15-11-24-25(2)12-15;/h3-6,11-12H,7-10,13-14H2,1-2H3,(H,22,23);1H. The summed E-state index contributed by atoms with van der Waals surface area (Å²) in [6.07, 6.45) is 5.44. The minimum absolute atomic E-state index is 0. The van der Waals surface area contributed by atoms with Gasteiger partial charge in [-0.3, -0.25) is 14.5 Å². The number of hydrogen-bond donors (Lipinski definition) is 1. The van der Waals surface area contributed by atoms with Crippen molar-refractivity contribution in [2.75, 3.05) is 38.1 Å². The Morgan fingerprint density at radius 2 is 2.07 bits per heavy atom. The Bertz CT molecular complexity index is 910. The Morgan fingerprint density at radius 3 is 2.66 bits per heavy atom. The van der Waals surface area contributed by atoms with Crippen molar-refractivity contribution in [3.8, 4) is 0 Å². The van der Waals surface area contributed by atoms with E-state index < -0.39 is 0 Å². The van der Waals surface area contributed by atoms with E-state index in [2.05, 4.69) is 15.4 Å². The van der Waals surface area contributed by atoms with E-state index in [1.807, 2.05) is 30.3 Å². The number of carbonyl (C=O) groups excluding carboxylic acids is 1. The van der Waals surface area contributed by atoms with Gasteiger partial charge >= 0.3 is 0 Å². The van der Waals surface area contributed by atoms with Crippen LogP contribution in [0.3, 0.4) is 0 Å². The Kier molecular flexibility index (Phi) is 6.45. The van der Waals surface area contributed by atoms with Crippen LogP contribution in [0, 0.1) is 5.82 Å². The summed E-state index contributed by atoms with van der Waals surface area (Å²) >= 11 is 0. The number of aromatic nitrogens is 2. The van der Waals surface area contributed by atoms with Gasteiger partial charge in [0.15, 0.2) is 5.96 Å². The number of halogens is 2. The molecule has 1 saturated heterocycles. The highest BCUT2D eigenvalue weighted by Crippen LogP contribution is 2.48. The third-order valence-corrected chi connectivity index (χ3v) is 5.62. The third-order valence-electron chi connectivity index (χ3n) is 5.62. The SMILES string of the molecule is CN=C(NCC1(c2ccccc2F)CC1)N1CCN(c2cnn(C)c2)C(=O)C1.I. The Hall–Kier alpha value is -2.17. The first kappa shape index (κ1) is 21.5. The van der Waals surface area contributed by atoms with Crippen LogP contribution in [0.25, 0.3) is 0 Å². The third kappa shape index (κ3) is 4.39. The van der Waals surface area contributed by atoms with E-state index in [0.717, 1.165) is 24.1 Å². The number of nitrogens with one attached hydrogen (secondary N) is 1. The molecule has 0 spiro atoms. The molecule has 1 N–H and O–H groups in total. The van der Waals surface area contributed by atoms with Gasteiger partial charge in [0.25, 0.3) is 0 Å².